The second-order valence-corrected chi connectivity index (χ2v) is 5.44. The predicted molar refractivity (Wildman–Crippen MR) is 92.7 cm³/mol. The van der Waals surface area contributed by atoms with Gasteiger partial charge in [0.1, 0.15) is 11.6 Å². The monoisotopic (exact) mass is 316 g/mol. The summed E-state index contributed by atoms with van der Waals surface area (Å²) in [6, 6.07) is 22.5. The van der Waals surface area contributed by atoms with Gasteiger partial charge in [-0.3, -0.25) is 9.36 Å². The molecule has 0 aliphatic heterocycles. The van der Waals surface area contributed by atoms with Crippen molar-refractivity contribution in [2.24, 2.45) is 0 Å². The molecule has 1 aromatic heterocycles. The van der Waals surface area contributed by atoms with Crippen LogP contribution in [0.25, 0.3) is 28.0 Å². The molecule has 0 bridgehead atoms. The summed E-state index contributed by atoms with van der Waals surface area (Å²) >= 11 is 0. The molecule has 0 amide bonds. The molecular formula is C20H13FN2O. The summed E-state index contributed by atoms with van der Waals surface area (Å²) in [5, 5.41) is 0.548. The second-order valence-electron chi connectivity index (χ2n) is 5.44. The summed E-state index contributed by atoms with van der Waals surface area (Å²) in [6.07, 6.45) is 0. The van der Waals surface area contributed by atoms with Gasteiger partial charge >= 0.3 is 0 Å². The van der Waals surface area contributed by atoms with Gasteiger partial charge < -0.3 is 0 Å². The van der Waals surface area contributed by atoms with Crippen LogP contribution in [0.15, 0.2) is 83.7 Å². The Morgan fingerprint density at radius 3 is 2.21 bits per heavy atom. The summed E-state index contributed by atoms with van der Waals surface area (Å²) in [7, 11) is 0. The lowest BCUT2D eigenvalue weighted by atomic mass is 10.1. The largest absolute Gasteiger partial charge is 0.268 e. The van der Waals surface area contributed by atoms with Crippen molar-refractivity contribution in [3.05, 3.63) is 95.0 Å². The van der Waals surface area contributed by atoms with Gasteiger partial charge in [0.2, 0.25) is 0 Å². The Morgan fingerprint density at radius 1 is 0.792 bits per heavy atom. The smallest absolute Gasteiger partial charge is 0.266 e. The summed E-state index contributed by atoms with van der Waals surface area (Å²) in [5.41, 5.74) is 1.88. The normalized spacial score (nSPS) is 10.9. The molecule has 4 heteroatoms. The zero-order chi connectivity index (χ0) is 16.5. The van der Waals surface area contributed by atoms with Crippen LogP contribution in [-0.4, -0.2) is 9.55 Å². The topological polar surface area (TPSA) is 34.9 Å². The Hall–Kier alpha value is -3.27. The fourth-order valence-corrected chi connectivity index (χ4v) is 2.74. The minimum absolute atomic E-state index is 0.147. The first-order valence-electron chi connectivity index (χ1n) is 7.57. The Bertz CT molecular complexity index is 1070. The molecule has 1 heterocycles. The van der Waals surface area contributed by atoms with E-state index in [1.807, 2.05) is 42.5 Å². The summed E-state index contributed by atoms with van der Waals surface area (Å²) in [6.45, 7) is 0. The third-order valence-electron chi connectivity index (χ3n) is 3.89. The number of hydrogen-bond donors (Lipinski definition) is 0. The van der Waals surface area contributed by atoms with Crippen LogP contribution in [0.5, 0.6) is 0 Å². The minimum atomic E-state index is -0.326. The van der Waals surface area contributed by atoms with E-state index in [0.717, 1.165) is 5.69 Å². The van der Waals surface area contributed by atoms with E-state index in [2.05, 4.69) is 4.98 Å². The van der Waals surface area contributed by atoms with Crippen LogP contribution in [0, 0.1) is 5.82 Å². The molecule has 0 radical (unpaired) electrons. The van der Waals surface area contributed by atoms with Crippen LogP contribution >= 0.6 is 0 Å². The highest BCUT2D eigenvalue weighted by atomic mass is 19.1. The molecule has 0 spiro atoms. The molecule has 0 fully saturated rings. The van der Waals surface area contributed by atoms with Crippen molar-refractivity contribution in [2.45, 2.75) is 0 Å². The molecule has 116 valence electrons. The van der Waals surface area contributed by atoms with E-state index in [4.69, 9.17) is 0 Å². The quantitative estimate of drug-likeness (QED) is 0.556. The standard InChI is InChI=1S/C20H13FN2O/c21-15-12-10-14(11-13-15)19-22-18-9-5-4-8-17(18)20(24)23(19)16-6-2-1-3-7-16/h1-13H. The van der Waals surface area contributed by atoms with E-state index in [1.54, 1.807) is 28.8 Å². The fraction of sp³-hybridized carbons (Fsp3) is 0. The van der Waals surface area contributed by atoms with Crippen molar-refractivity contribution in [3.63, 3.8) is 0 Å². The molecule has 0 aliphatic carbocycles. The molecule has 0 saturated carbocycles. The lowest BCUT2D eigenvalue weighted by molar-refractivity contribution is 0.628. The summed E-state index contributed by atoms with van der Waals surface area (Å²) < 4.78 is 14.8. The molecule has 0 atom stereocenters. The molecule has 0 aliphatic rings. The maximum Gasteiger partial charge on any atom is 0.266 e. The number of aromatic nitrogens is 2. The number of halogens is 1. The Kier molecular flexibility index (Phi) is 3.43. The Labute approximate surface area is 137 Å². The first kappa shape index (κ1) is 14.3. The maximum atomic E-state index is 13.3. The van der Waals surface area contributed by atoms with Crippen molar-refractivity contribution < 1.29 is 4.39 Å². The number of para-hydroxylation sites is 2. The van der Waals surface area contributed by atoms with Gasteiger partial charge in [-0.15, -0.1) is 0 Å². The van der Waals surface area contributed by atoms with Crippen LogP contribution in [0.1, 0.15) is 0 Å². The van der Waals surface area contributed by atoms with E-state index < -0.39 is 0 Å². The Balaban J connectivity index is 2.11. The lowest BCUT2D eigenvalue weighted by Gasteiger charge is -2.13. The summed E-state index contributed by atoms with van der Waals surface area (Å²) in [4.78, 5) is 17.7. The average molecular weight is 316 g/mol. The SMILES string of the molecule is O=c1c2ccccc2nc(-c2ccc(F)cc2)n1-c1ccccc1. The van der Waals surface area contributed by atoms with Crippen molar-refractivity contribution >= 4 is 10.9 Å². The third kappa shape index (κ3) is 2.38. The predicted octanol–water partition coefficient (Wildman–Crippen LogP) is 4.19. The van der Waals surface area contributed by atoms with Crippen molar-refractivity contribution in [1.29, 1.82) is 0 Å². The Morgan fingerprint density at radius 2 is 1.46 bits per heavy atom. The molecule has 0 saturated heterocycles. The van der Waals surface area contributed by atoms with E-state index in [9.17, 15) is 9.18 Å². The van der Waals surface area contributed by atoms with Crippen LogP contribution in [0.4, 0.5) is 4.39 Å². The van der Waals surface area contributed by atoms with Gasteiger partial charge in [0, 0.05) is 5.56 Å². The number of hydrogen-bond acceptors (Lipinski definition) is 2. The van der Waals surface area contributed by atoms with Crippen LogP contribution in [-0.2, 0) is 0 Å². The van der Waals surface area contributed by atoms with Gasteiger partial charge in [0.25, 0.3) is 5.56 Å². The third-order valence-corrected chi connectivity index (χ3v) is 3.89. The molecule has 24 heavy (non-hydrogen) atoms. The number of nitrogens with zero attached hydrogens (tertiary/aromatic N) is 2. The van der Waals surface area contributed by atoms with Crippen molar-refractivity contribution in [2.75, 3.05) is 0 Å². The maximum absolute atomic E-state index is 13.3. The first-order chi connectivity index (χ1) is 11.7. The van der Waals surface area contributed by atoms with Gasteiger partial charge in [-0.25, -0.2) is 9.37 Å². The highest BCUT2D eigenvalue weighted by molar-refractivity contribution is 5.80. The zero-order valence-corrected chi connectivity index (χ0v) is 12.7. The minimum Gasteiger partial charge on any atom is -0.268 e. The van der Waals surface area contributed by atoms with Gasteiger partial charge in [-0.2, -0.15) is 0 Å². The molecule has 3 aromatic carbocycles. The average Bonchev–Trinajstić information content (AvgIpc) is 2.63. The van der Waals surface area contributed by atoms with Crippen LogP contribution < -0.4 is 5.56 Å². The van der Waals surface area contributed by atoms with E-state index in [0.29, 0.717) is 22.3 Å². The van der Waals surface area contributed by atoms with Gasteiger partial charge in [-0.05, 0) is 48.5 Å². The van der Waals surface area contributed by atoms with E-state index in [-0.39, 0.29) is 11.4 Å². The zero-order valence-electron chi connectivity index (χ0n) is 12.7. The summed E-state index contributed by atoms with van der Waals surface area (Å²) in [5.74, 6) is 0.165. The second kappa shape index (κ2) is 5.74. The highest BCUT2D eigenvalue weighted by Crippen LogP contribution is 2.22. The van der Waals surface area contributed by atoms with Crippen LogP contribution in [0.3, 0.4) is 0 Å². The number of fused-ring (bicyclic) bond motifs is 1. The van der Waals surface area contributed by atoms with Gasteiger partial charge in [0.05, 0.1) is 16.6 Å². The van der Waals surface area contributed by atoms with Gasteiger partial charge in [-0.1, -0.05) is 30.3 Å². The fourth-order valence-electron chi connectivity index (χ4n) is 2.74. The van der Waals surface area contributed by atoms with Gasteiger partial charge in [0.15, 0.2) is 0 Å². The van der Waals surface area contributed by atoms with Crippen molar-refractivity contribution in [3.8, 4) is 17.1 Å². The van der Waals surface area contributed by atoms with Crippen molar-refractivity contribution in [1.82, 2.24) is 9.55 Å². The molecular weight excluding hydrogens is 303 g/mol. The van der Waals surface area contributed by atoms with E-state index >= 15 is 0 Å². The molecule has 3 nitrogen and oxygen atoms in total. The highest BCUT2D eigenvalue weighted by Gasteiger charge is 2.14. The molecule has 4 rings (SSSR count). The number of benzene rings is 3. The molecule has 0 unspecified atom stereocenters. The molecule has 4 aromatic rings. The first-order valence-corrected chi connectivity index (χ1v) is 7.57. The van der Waals surface area contributed by atoms with E-state index in [1.165, 1.54) is 12.1 Å². The molecule has 0 N–H and O–H groups in total. The number of rotatable bonds is 2. The lowest BCUT2D eigenvalue weighted by Crippen LogP contribution is -2.21. The van der Waals surface area contributed by atoms with Crippen LogP contribution in [0.2, 0.25) is 0 Å².